The molecule has 0 spiro atoms. The second kappa shape index (κ2) is 5.91. The van der Waals surface area contributed by atoms with Gasteiger partial charge in [-0.15, -0.1) is 0 Å². The number of hydrogen-bond acceptors (Lipinski definition) is 5. The van der Waals surface area contributed by atoms with Gasteiger partial charge in [-0.2, -0.15) is 4.98 Å². The van der Waals surface area contributed by atoms with E-state index in [0.717, 1.165) is 51.3 Å². The summed E-state index contributed by atoms with van der Waals surface area (Å²) in [6, 6.07) is 0. The normalized spacial score (nSPS) is 21.6. The number of carbonyl (C=O) groups excluding carboxylic acids is 1. The lowest BCUT2D eigenvalue weighted by Gasteiger charge is -2.31. The Morgan fingerprint density at radius 3 is 2.75 bits per heavy atom. The van der Waals surface area contributed by atoms with Crippen molar-refractivity contribution in [1.82, 2.24) is 19.9 Å². The van der Waals surface area contributed by atoms with Crippen molar-refractivity contribution in [2.45, 2.75) is 39.2 Å². The zero-order chi connectivity index (χ0) is 13.9. The maximum atomic E-state index is 12.3. The first-order valence-electron chi connectivity index (χ1n) is 7.53. The fourth-order valence-electron chi connectivity index (χ4n) is 2.87. The van der Waals surface area contributed by atoms with Crippen molar-refractivity contribution in [3.63, 3.8) is 0 Å². The first-order valence-corrected chi connectivity index (χ1v) is 7.53. The lowest BCUT2D eigenvalue weighted by molar-refractivity contribution is -0.138. The second-order valence-electron chi connectivity index (χ2n) is 5.81. The Morgan fingerprint density at radius 2 is 2.10 bits per heavy atom. The Hall–Kier alpha value is -1.43. The van der Waals surface area contributed by atoms with E-state index in [-0.39, 0.29) is 0 Å². The number of amides is 1. The Labute approximate surface area is 119 Å². The summed E-state index contributed by atoms with van der Waals surface area (Å²) in [6.45, 7) is 6.11. The maximum Gasteiger partial charge on any atom is 0.225 e. The topological polar surface area (TPSA) is 62.5 Å². The summed E-state index contributed by atoms with van der Waals surface area (Å²) in [5, 5.41) is 3.94. The molecule has 0 atom stereocenters. The molecule has 2 heterocycles. The van der Waals surface area contributed by atoms with Crippen LogP contribution < -0.4 is 0 Å². The van der Waals surface area contributed by atoms with Crippen LogP contribution >= 0.6 is 0 Å². The third-order valence-corrected chi connectivity index (χ3v) is 4.29. The summed E-state index contributed by atoms with van der Waals surface area (Å²) >= 11 is 0. The van der Waals surface area contributed by atoms with Gasteiger partial charge in [0.1, 0.15) is 0 Å². The van der Waals surface area contributed by atoms with Crippen molar-refractivity contribution < 1.29 is 9.32 Å². The van der Waals surface area contributed by atoms with Gasteiger partial charge in [-0.1, -0.05) is 11.6 Å². The number of carbonyl (C=O) groups is 1. The smallest absolute Gasteiger partial charge is 0.225 e. The van der Waals surface area contributed by atoms with Crippen LogP contribution in [0.2, 0.25) is 0 Å². The van der Waals surface area contributed by atoms with Crippen LogP contribution in [0.4, 0.5) is 0 Å². The van der Waals surface area contributed by atoms with E-state index in [9.17, 15) is 4.79 Å². The van der Waals surface area contributed by atoms with Gasteiger partial charge in [0, 0.05) is 39.0 Å². The molecule has 1 amide bonds. The molecule has 2 fully saturated rings. The zero-order valence-corrected chi connectivity index (χ0v) is 12.0. The number of rotatable bonds is 3. The molecule has 0 unspecified atom stereocenters. The highest BCUT2D eigenvalue weighted by molar-refractivity contribution is 5.79. The summed E-state index contributed by atoms with van der Waals surface area (Å²) in [6.07, 6.45) is 4.41. The minimum absolute atomic E-state index is 0.307. The van der Waals surface area contributed by atoms with Crippen LogP contribution in [0.25, 0.3) is 0 Å². The average molecular weight is 278 g/mol. The predicted molar refractivity (Wildman–Crippen MR) is 72.9 cm³/mol. The Balaban J connectivity index is 1.52. The standard InChI is InChI=1S/C14H22N4O2/c1-11-15-13(16-20-11)10-17-6-3-7-18(9-8-17)14(19)12-4-2-5-12/h12H,2-10H2,1H3. The summed E-state index contributed by atoms with van der Waals surface area (Å²) < 4.78 is 5.00. The van der Waals surface area contributed by atoms with E-state index in [0.29, 0.717) is 24.3 Å². The van der Waals surface area contributed by atoms with E-state index in [2.05, 4.69) is 15.0 Å². The van der Waals surface area contributed by atoms with E-state index in [1.807, 2.05) is 4.90 Å². The minimum Gasteiger partial charge on any atom is -0.341 e. The molecule has 1 aromatic heterocycles. The van der Waals surface area contributed by atoms with Crippen molar-refractivity contribution >= 4 is 5.91 Å². The first kappa shape index (κ1) is 13.5. The summed E-state index contributed by atoms with van der Waals surface area (Å²) in [5.74, 6) is 2.02. The van der Waals surface area contributed by atoms with Gasteiger partial charge < -0.3 is 9.42 Å². The third-order valence-electron chi connectivity index (χ3n) is 4.29. The highest BCUT2D eigenvalue weighted by Crippen LogP contribution is 2.28. The fourth-order valence-corrected chi connectivity index (χ4v) is 2.87. The highest BCUT2D eigenvalue weighted by Gasteiger charge is 2.30. The Morgan fingerprint density at radius 1 is 1.25 bits per heavy atom. The SMILES string of the molecule is Cc1nc(CN2CCCN(C(=O)C3CCC3)CC2)no1. The third kappa shape index (κ3) is 3.00. The van der Waals surface area contributed by atoms with E-state index in [1.165, 1.54) is 6.42 Å². The Kier molecular flexibility index (Phi) is 4.00. The minimum atomic E-state index is 0.307. The van der Waals surface area contributed by atoms with Crippen LogP contribution in [-0.2, 0) is 11.3 Å². The average Bonchev–Trinajstić information content (AvgIpc) is 2.62. The largest absolute Gasteiger partial charge is 0.341 e. The molecule has 1 aromatic rings. The van der Waals surface area contributed by atoms with Crippen LogP contribution in [0, 0.1) is 12.8 Å². The molecule has 0 N–H and O–H groups in total. The number of aryl methyl sites for hydroxylation is 1. The van der Waals surface area contributed by atoms with Crippen molar-refractivity contribution in [2.75, 3.05) is 26.2 Å². The van der Waals surface area contributed by atoms with E-state index >= 15 is 0 Å². The first-order chi connectivity index (χ1) is 9.72. The molecule has 6 heteroatoms. The van der Waals surface area contributed by atoms with Crippen molar-refractivity contribution in [3.8, 4) is 0 Å². The van der Waals surface area contributed by atoms with Gasteiger partial charge in [0.05, 0.1) is 6.54 Å². The van der Waals surface area contributed by atoms with Crippen molar-refractivity contribution in [1.29, 1.82) is 0 Å². The molecular weight excluding hydrogens is 256 g/mol. The van der Waals surface area contributed by atoms with Gasteiger partial charge in [-0.3, -0.25) is 9.69 Å². The van der Waals surface area contributed by atoms with Crippen LogP contribution in [0.5, 0.6) is 0 Å². The van der Waals surface area contributed by atoms with E-state index in [4.69, 9.17) is 4.52 Å². The lowest BCUT2D eigenvalue weighted by Crippen LogP contribution is -2.41. The second-order valence-corrected chi connectivity index (χ2v) is 5.81. The van der Waals surface area contributed by atoms with E-state index < -0.39 is 0 Å². The van der Waals surface area contributed by atoms with Gasteiger partial charge >= 0.3 is 0 Å². The summed E-state index contributed by atoms with van der Waals surface area (Å²) in [5.41, 5.74) is 0. The molecular formula is C14H22N4O2. The molecule has 0 aromatic carbocycles. The van der Waals surface area contributed by atoms with Crippen LogP contribution in [0.15, 0.2) is 4.52 Å². The molecule has 0 bridgehead atoms. The van der Waals surface area contributed by atoms with Gasteiger partial charge in [0.2, 0.25) is 11.8 Å². The zero-order valence-electron chi connectivity index (χ0n) is 12.0. The molecule has 1 aliphatic carbocycles. The predicted octanol–water partition coefficient (Wildman–Crippen LogP) is 1.21. The van der Waals surface area contributed by atoms with E-state index in [1.54, 1.807) is 6.92 Å². The molecule has 20 heavy (non-hydrogen) atoms. The lowest BCUT2D eigenvalue weighted by atomic mass is 9.84. The molecule has 110 valence electrons. The molecule has 1 saturated carbocycles. The van der Waals surface area contributed by atoms with Gasteiger partial charge in [0.25, 0.3) is 0 Å². The molecule has 6 nitrogen and oxygen atoms in total. The number of hydrogen-bond donors (Lipinski definition) is 0. The molecule has 1 saturated heterocycles. The number of aromatic nitrogens is 2. The Bertz CT molecular complexity index is 469. The number of nitrogens with zero attached hydrogens (tertiary/aromatic N) is 4. The van der Waals surface area contributed by atoms with Gasteiger partial charge in [-0.05, 0) is 19.3 Å². The monoisotopic (exact) mass is 278 g/mol. The van der Waals surface area contributed by atoms with Crippen molar-refractivity contribution in [2.24, 2.45) is 5.92 Å². The quantitative estimate of drug-likeness (QED) is 0.831. The molecule has 2 aliphatic rings. The molecule has 1 aliphatic heterocycles. The van der Waals surface area contributed by atoms with Crippen LogP contribution in [0.3, 0.4) is 0 Å². The van der Waals surface area contributed by atoms with Crippen molar-refractivity contribution in [3.05, 3.63) is 11.7 Å². The summed E-state index contributed by atoms with van der Waals surface area (Å²) in [4.78, 5) is 20.9. The molecule has 3 rings (SSSR count). The van der Waals surface area contributed by atoms with Gasteiger partial charge in [0.15, 0.2) is 5.82 Å². The summed E-state index contributed by atoms with van der Waals surface area (Å²) in [7, 11) is 0. The molecule has 0 radical (unpaired) electrons. The van der Waals surface area contributed by atoms with Gasteiger partial charge in [-0.25, -0.2) is 0 Å². The maximum absolute atomic E-state index is 12.3. The van der Waals surface area contributed by atoms with Crippen LogP contribution in [0.1, 0.15) is 37.4 Å². The fraction of sp³-hybridized carbons (Fsp3) is 0.786. The van der Waals surface area contributed by atoms with Crippen LogP contribution in [-0.4, -0.2) is 52.0 Å². The highest BCUT2D eigenvalue weighted by atomic mass is 16.5.